The first-order valence-electron chi connectivity index (χ1n) is 5.64. The molecule has 1 rings (SSSR count). The summed E-state index contributed by atoms with van der Waals surface area (Å²) in [7, 11) is 0. The van der Waals surface area contributed by atoms with Crippen LogP contribution in [0.2, 0.25) is 0 Å². The highest BCUT2D eigenvalue weighted by molar-refractivity contribution is 7.13. The molecular formula is C12H18O3S. The number of aryl methyl sites for hydroxylation is 1. The van der Waals surface area contributed by atoms with Gasteiger partial charge in [0.1, 0.15) is 4.88 Å². The van der Waals surface area contributed by atoms with E-state index < -0.39 is 0 Å². The minimum atomic E-state index is -0.245. The number of esters is 1. The number of thiophene rings is 1. The molecule has 0 atom stereocenters. The van der Waals surface area contributed by atoms with Gasteiger partial charge in [-0.3, -0.25) is 0 Å². The molecule has 0 aromatic carbocycles. The summed E-state index contributed by atoms with van der Waals surface area (Å²) in [6.45, 7) is 2.66. The smallest absolute Gasteiger partial charge is 0.348 e. The topological polar surface area (TPSA) is 46.5 Å². The average Bonchev–Trinajstić information content (AvgIpc) is 2.73. The predicted octanol–water partition coefficient (Wildman–Crippen LogP) is 2.63. The SMILES string of the molecule is CCCc1ccc(C(=O)OCCCCO)s1. The van der Waals surface area contributed by atoms with Gasteiger partial charge in [-0.2, -0.15) is 0 Å². The highest BCUT2D eigenvalue weighted by Gasteiger charge is 2.09. The first-order chi connectivity index (χ1) is 7.77. The zero-order chi connectivity index (χ0) is 11.8. The average molecular weight is 242 g/mol. The largest absolute Gasteiger partial charge is 0.462 e. The second kappa shape index (κ2) is 7.41. The number of carbonyl (C=O) groups is 1. The van der Waals surface area contributed by atoms with Gasteiger partial charge in [0.2, 0.25) is 0 Å². The maximum Gasteiger partial charge on any atom is 0.348 e. The van der Waals surface area contributed by atoms with Gasteiger partial charge in [0.05, 0.1) is 6.61 Å². The Morgan fingerprint density at radius 2 is 2.25 bits per heavy atom. The van der Waals surface area contributed by atoms with Crippen LogP contribution in [0.3, 0.4) is 0 Å². The minimum absolute atomic E-state index is 0.150. The Balaban J connectivity index is 2.34. The molecule has 1 N–H and O–H groups in total. The van der Waals surface area contributed by atoms with Crippen LogP contribution in [0, 0.1) is 0 Å². The Bertz CT molecular complexity index is 320. The standard InChI is InChI=1S/C12H18O3S/c1-2-5-10-6-7-11(16-10)12(14)15-9-4-3-8-13/h6-7,13H,2-5,8-9H2,1H3. The van der Waals surface area contributed by atoms with Gasteiger partial charge in [-0.05, 0) is 31.4 Å². The van der Waals surface area contributed by atoms with Crippen molar-refractivity contribution in [2.75, 3.05) is 13.2 Å². The van der Waals surface area contributed by atoms with Gasteiger partial charge in [-0.15, -0.1) is 11.3 Å². The van der Waals surface area contributed by atoms with E-state index in [4.69, 9.17) is 9.84 Å². The van der Waals surface area contributed by atoms with Crippen molar-refractivity contribution >= 4 is 17.3 Å². The van der Waals surface area contributed by atoms with E-state index in [1.165, 1.54) is 16.2 Å². The highest BCUT2D eigenvalue weighted by atomic mass is 32.1. The van der Waals surface area contributed by atoms with Crippen molar-refractivity contribution < 1.29 is 14.6 Å². The van der Waals surface area contributed by atoms with Crippen molar-refractivity contribution in [3.05, 3.63) is 21.9 Å². The molecule has 1 heterocycles. The third kappa shape index (κ3) is 4.33. The molecule has 0 unspecified atom stereocenters. The molecule has 0 spiro atoms. The van der Waals surface area contributed by atoms with E-state index in [1.54, 1.807) is 0 Å². The molecular weight excluding hydrogens is 224 g/mol. The minimum Gasteiger partial charge on any atom is -0.462 e. The molecule has 0 bridgehead atoms. The number of hydrogen-bond donors (Lipinski definition) is 1. The van der Waals surface area contributed by atoms with Crippen LogP contribution in [0.5, 0.6) is 0 Å². The third-order valence-corrected chi connectivity index (χ3v) is 3.27. The fourth-order valence-corrected chi connectivity index (χ4v) is 2.32. The van der Waals surface area contributed by atoms with Crippen molar-refractivity contribution in [2.45, 2.75) is 32.6 Å². The lowest BCUT2D eigenvalue weighted by Crippen LogP contribution is -2.04. The number of hydrogen-bond acceptors (Lipinski definition) is 4. The van der Waals surface area contributed by atoms with Crippen molar-refractivity contribution in [1.29, 1.82) is 0 Å². The Hall–Kier alpha value is -0.870. The molecule has 1 aromatic heterocycles. The Morgan fingerprint density at radius 1 is 1.44 bits per heavy atom. The number of aliphatic hydroxyl groups excluding tert-OH is 1. The maximum atomic E-state index is 11.6. The van der Waals surface area contributed by atoms with E-state index in [2.05, 4.69) is 6.92 Å². The van der Waals surface area contributed by atoms with Crippen molar-refractivity contribution in [3.63, 3.8) is 0 Å². The van der Waals surface area contributed by atoms with Crippen LogP contribution in [-0.2, 0) is 11.2 Å². The Morgan fingerprint density at radius 3 is 2.94 bits per heavy atom. The molecule has 0 fully saturated rings. The van der Waals surface area contributed by atoms with Gasteiger partial charge < -0.3 is 9.84 Å². The van der Waals surface area contributed by atoms with Gasteiger partial charge in [0.25, 0.3) is 0 Å². The quantitative estimate of drug-likeness (QED) is 0.590. The van der Waals surface area contributed by atoms with Crippen LogP contribution in [0.1, 0.15) is 40.7 Å². The first kappa shape index (κ1) is 13.2. The summed E-state index contributed by atoms with van der Waals surface area (Å²) in [4.78, 5) is 13.5. The Labute approximate surface area is 100 Å². The van der Waals surface area contributed by atoms with Gasteiger partial charge in [-0.1, -0.05) is 13.3 Å². The van der Waals surface area contributed by atoms with E-state index in [0.717, 1.165) is 19.3 Å². The fraction of sp³-hybridized carbons (Fsp3) is 0.583. The van der Waals surface area contributed by atoms with E-state index in [-0.39, 0.29) is 12.6 Å². The molecule has 0 aliphatic carbocycles. The van der Waals surface area contributed by atoms with Crippen LogP contribution in [0.15, 0.2) is 12.1 Å². The van der Waals surface area contributed by atoms with Crippen molar-refractivity contribution in [3.8, 4) is 0 Å². The molecule has 0 radical (unpaired) electrons. The monoisotopic (exact) mass is 242 g/mol. The lowest BCUT2D eigenvalue weighted by Gasteiger charge is -2.01. The fourth-order valence-electron chi connectivity index (χ4n) is 1.32. The number of aliphatic hydroxyl groups is 1. The van der Waals surface area contributed by atoms with Crippen LogP contribution in [0.25, 0.3) is 0 Å². The van der Waals surface area contributed by atoms with E-state index in [1.807, 2.05) is 12.1 Å². The predicted molar refractivity (Wildman–Crippen MR) is 64.9 cm³/mol. The second-order valence-corrected chi connectivity index (χ2v) is 4.75. The van der Waals surface area contributed by atoms with Gasteiger partial charge in [-0.25, -0.2) is 4.79 Å². The summed E-state index contributed by atoms with van der Waals surface area (Å²) in [6.07, 6.45) is 3.50. The summed E-state index contributed by atoms with van der Waals surface area (Å²) in [6, 6.07) is 3.81. The number of ether oxygens (including phenoxy) is 1. The second-order valence-electron chi connectivity index (χ2n) is 3.58. The normalized spacial score (nSPS) is 10.4. The molecule has 16 heavy (non-hydrogen) atoms. The summed E-state index contributed by atoms with van der Waals surface area (Å²) in [5.74, 6) is -0.245. The number of carbonyl (C=O) groups excluding carboxylic acids is 1. The molecule has 1 aromatic rings. The van der Waals surface area contributed by atoms with E-state index in [9.17, 15) is 4.79 Å². The molecule has 0 saturated carbocycles. The van der Waals surface area contributed by atoms with Gasteiger partial charge in [0.15, 0.2) is 0 Å². The van der Waals surface area contributed by atoms with Gasteiger partial charge in [0, 0.05) is 11.5 Å². The molecule has 0 saturated heterocycles. The summed E-state index contributed by atoms with van der Waals surface area (Å²) in [5.41, 5.74) is 0. The Kier molecular flexibility index (Phi) is 6.11. The molecule has 4 heteroatoms. The number of unbranched alkanes of at least 4 members (excludes halogenated alkanes) is 1. The summed E-state index contributed by atoms with van der Waals surface area (Å²) < 4.78 is 5.08. The number of rotatable bonds is 7. The lowest BCUT2D eigenvalue weighted by molar-refractivity contribution is 0.0498. The maximum absolute atomic E-state index is 11.6. The molecule has 90 valence electrons. The van der Waals surface area contributed by atoms with E-state index in [0.29, 0.717) is 17.9 Å². The molecule has 0 aliphatic rings. The van der Waals surface area contributed by atoms with Gasteiger partial charge >= 0.3 is 5.97 Å². The molecule has 0 aliphatic heterocycles. The molecule has 3 nitrogen and oxygen atoms in total. The lowest BCUT2D eigenvalue weighted by atomic mass is 10.3. The van der Waals surface area contributed by atoms with Crippen molar-refractivity contribution in [1.82, 2.24) is 0 Å². The summed E-state index contributed by atoms with van der Waals surface area (Å²) >= 11 is 1.51. The third-order valence-electron chi connectivity index (χ3n) is 2.14. The first-order valence-corrected chi connectivity index (χ1v) is 6.46. The van der Waals surface area contributed by atoms with Crippen molar-refractivity contribution in [2.24, 2.45) is 0 Å². The zero-order valence-corrected chi connectivity index (χ0v) is 10.4. The van der Waals surface area contributed by atoms with E-state index >= 15 is 0 Å². The molecule has 0 amide bonds. The van der Waals surface area contributed by atoms with Crippen LogP contribution < -0.4 is 0 Å². The van der Waals surface area contributed by atoms with Crippen LogP contribution >= 0.6 is 11.3 Å². The highest BCUT2D eigenvalue weighted by Crippen LogP contribution is 2.18. The zero-order valence-electron chi connectivity index (χ0n) is 9.57. The van der Waals surface area contributed by atoms with Crippen LogP contribution in [0.4, 0.5) is 0 Å². The summed E-state index contributed by atoms with van der Waals surface area (Å²) in [5, 5.41) is 8.57. The van der Waals surface area contributed by atoms with Crippen LogP contribution in [-0.4, -0.2) is 24.3 Å².